The predicted octanol–water partition coefficient (Wildman–Crippen LogP) is 4.53. The van der Waals surface area contributed by atoms with Crippen LogP contribution in [-0.2, 0) is 13.1 Å². The first-order valence-electron chi connectivity index (χ1n) is 8.11. The topological polar surface area (TPSA) is 37.8 Å². The van der Waals surface area contributed by atoms with Gasteiger partial charge in [-0.2, -0.15) is 0 Å². The Labute approximate surface area is 127 Å². The molecule has 2 rings (SSSR count). The summed E-state index contributed by atoms with van der Waals surface area (Å²) in [5.41, 5.74) is 1.84. The second-order valence-electron chi connectivity index (χ2n) is 7.19. The number of aryl methyl sites for hydroxylation is 1. The summed E-state index contributed by atoms with van der Waals surface area (Å²) in [6, 6.07) is 0.411. The van der Waals surface area contributed by atoms with Gasteiger partial charge in [0.1, 0.15) is 18.8 Å². The minimum Gasteiger partial charge on any atom is -0.367 e. The van der Waals surface area contributed by atoms with E-state index in [1.807, 2.05) is 6.92 Å². The van der Waals surface area contributed by atoms with Gasteiger partial charge < -0.3 is 5.32 Å². The number of hydrogen-bond donors (Lipinski definition) is 1. The van der Waals surface area contributed by atoms with Crippen molar-refractivity contribution in [1.82, 2.24) is 9.97 Å². The van der Waals surface area contributed by atoms with Crippen LogP contribution in [0.3, 0.4) is 0 Å². The van der Waals surface area contributed by atoms with Crippen molar-refractivity contribution in [3.63, 3.8) is 0 Å². The first-order chi connectivity index (χ1) is 9.95. The quantitative estimate of drug-likeness (QED) is 0.886. The molecule has 0 saturated heterocycles. The van der Waals surface area contributed by atoms with Crippen molar-refractivity contribution in [2.45, 2.75) is 72.5 Å². The van der Waals surface area contributed by atoms with Crippen LogP contribution in [0.25, 0.3) is 0 Å². The molecule has 0 spiro atoms. The Morgan fingerprint density at radius 2 is 1.86 bits per heavy atom. The molecule has 0 aromatic carbocycles. The molecule has 1 heterocycles. The van der Waals surface area contributed by atoms with Gasteiger partial charge >= 0.3 is 0 Å². The number of halogens is 1. The standard InChI is InChI=1S/C17H28FN3/c1-5-15-14(10-18)16(20-11-19-15)21-13-8-6-12(7-9-13)17(2,3)4/h11-13H,5-10H2,1-4H3,(H,19,20,21). The molecule has 0 amide bonds. The second-order valence-corrected chi connectivity index (χ2v) is 7.19. The summed E-state index contributed by atoms with van der Waals surface area (Å²) in [6.07, 6.45) is 7.03. The SMILES string of the molecule is CCc1ncnc(NC2CCC(C(C)(C)C)CC2)c1CF. The molecular weight excluding hydrogens is 265 g/mol. The third-order valence-corrected chi connectivity index (χ3v) is 4.80. The molecule has 1 aromatic rings. The average Bonchev–Trinajstić information content (AvgIpc) is 2.46. The van der Waals surface area contributed by atoms with E-state index >= 15 is 0 Å². The Kier molecular flexibility index (Phi) is 5.17. The van der Waals surface area contributed by atoms with Gasteiger partial charge in [-0.1, -0.05) is 27.7 Å². The molecule has 21 heavy (non-hydrogen) atoms. The number of anilines is 1. The summed E-state index contributed by atoms with van der Waals surface area (Å²) in [6.45, 7) is 8.48. The average molecular weight is 293 g/mol. The minimum absolute atomic E-state index is 0.388. The molecule has 0 unspecified atom stereocenters. The molecule has 1 saturated carbocycles. The van der Waals surface area contributed by atoms with Crippen LogP contribution < -0.4 is 5.32 Å². The van der Waals surface area contributed by atoms with Crippen molar-refractivity contribution >= 4 is 5.82 Å². The molecule has 0 bridgehead atoms. The Balaban J connectivity index is 2.01. The van der Waals surface area contributed by atoms with Gasteiger partial charge in [-0.25, -0.2) is 14.4 Å². The fourth-order valence-electron chi connectivity index (χ4n) is 3.32. The molecule has 118 valence electrons. The largest absolute Gasteiger partial charge is 0.367 e. The first kappa shape index (κ1) is 16.2. The first-order valence-corrected chi connectivity index (χ1v) is 8.11. The van der Waals surface area contributed by atoms with Crippen molar-refractivity contribution < 1.29 is 4.39 Å². The Hall–Kier alpha value is -1.19. The highest BCUT2D eigenvalue weighted by Crippen LogP contribution is 2.38. The van der Waals surface area contributed by atoms with Crippen molar-refractivity contribution in [3.05, 3.63) is 17.6 Å². The lowest BCUT2D eigenvalue weighted by Crippen LogP contribution is -2.32. The molecule has 0 atom stereocenters. The number of nitrogens with one attached hydrogen (secondary N) is 1. The molecule has 0 aliphatic heterocycles. The fourth-order valence-corrected chi connectivity index (χ4v) is 3.32. The zero-order valence-corrected chi connectivity index (χ0v) is 13.7. The van der Waals surface area contributed by atoms with Crippen molar-refractivity contribution in [2.75, 3.05) is 5.32 Å². The number of nitrogens with zero attached hydrogens (tertiary/aromatic N) is 2. The molecule has 1 N–H and O–H groups in total. The van der Waals surface area contributed by atoms with E-state index in [-0.39, 0.29) is 0 Å². The zero-order chi connectivity index (χ0) is 15.5. The van der Waals surface area contributed by atoms with E-state index in [4.69, 9.17) is 0 Å². The normalized spacial score (nSPS) is 23.1. The lowest BCUT2D eigenvalue weighted by atomic mass is 9.71. The van der Waals surface area contributed by atoms with Crippen LogP contribution in [0.5, 0.6) is 0 Å². The van der Waals surface area contributed by atoms with E-state index in [2.05, 4.69) is 36.1 Å². The highest BCUT2D eigenvalue weighted by Gasteiger charge is 2.30. The Morgan fingerprint density at radius 1 is 1.19 bits per heavy atom. The Bertz CT molecular complexity index is 460. The summed E-state index contributed by atoms with van der Waals surface area (Å²) >= 11 is 0. The lowest BCUT2D eigenvalue weighted by Gasteiger charge is -2.37. The van der Waals surface area contributed by atoms with Gasteiger partial charge in [-0.05, 0) is 43.4 Å². The van der Waals surface area contributed by atoms with Crippen LogP contribution in [0.4, 0.5) is 10.2 Å². The number of rotatable bonds is 4. The van der Waals surface area contributed by atoms with Crippen LogP contribution >= 0.6 is 0 Å². The van der Waals surface area contributed by atoms with Gasteiger partial charge in [0.25, 0.3) is 0 Å². The molecule has 0 radical (unpaired) electrons. The van der Waals surface area contributed by atoms with Gasteiger partial charge in [0.05, 0.1) is 5.69 Å². The van der Waals surface area contributed by atoms with Crippen LogP contribution in [0.15, 0.2) is 6.33 Å². The summed E-state index contributed by atoms with van der Waals surface area (Å²) < 4.78 is 13.3. The molecule has 1 aliphatic rings. The van der Waals surface area contributed by atoms with E-state index in [0.29, 0.717) is 22.8 Å². The monoisotopic (exact) mass is 293 g/mol. The van der Waals surface area contributed by atoms with Gasteiger partial charge in [0.2, 0.25) is 0 Å². The minimum atomic E-state index is -0.496. The Morgan fingerprint density at radius 3 is 2.38 bits per heavy atom. The van der Waals surface area contributed by atoms with Crippen molar-refractivity contribution in [2.24, 2.45) is 11.3 Å². The molecule has 3 nitrogen and oxygen atoms in total. The molecule has 1 aliphatic carbocycles. The van der Waals surface area contributed by atoms with Crippen LogP contribution in [-0.4, -0.2) is 16.0 Å². The van der Waals surface area contributed by atoms with Gasteiger partial charge in [-0.15, -0.1) is 0 Å². The van der Waals surface area contributed by atoms with Gasteiger partial charge in [-0.3, -0.25) is 0 Å². The third kappa shape index (κ3) is 3.92. The maximum Gasteiger partial charge on any atom is 0.135 e. The molecule has 4 heteroatoms. The maximum atomic E-state index is 13.3. The van der Waals surface area contributed by atoms with E-state index in [9.17, 15) is 4.39 Å². The van der Waals surface area contributed by atoms with Crippen LogP contribution in [0.2, 0.25) is 0 Å². The second kappa shape index (κ2) is 6.71. The van der Waals surface area contributed by atoms with Crippen LogP contribution in [0.1, 0.15) is 64.6 Å². The maximum absolute atomic E-state index is 13.3. The summed E-state index contributed by atoms with van der Waals surface area (Å²) in [4.78, 5) is 8.43. The lowest BCUT2D eigenvalue weighted by molar-refractivity contribution is 0.173. The number of hydrogen-bond acceptors (Lipinski definition) is 3. The van der Waals surface area contributed by atoms with Crippen LogP contribution in [0, 0.1) is 11.3 Å². The van der Waals surface area contributed by atoms with Gasteiger partial charge in [0, 0.05) is 11.6 Å². The number of alkyl halides is 1. The number of aromatic nitrogens is 2. The van der Waals surface area contributed by atoms with Gasteiger partial charge in [0.15, 0.2) is 0 Å². The van der Waals surface area contributed by atoms with E-state index in [1.165, 1.54) is 12.8 Å². The van der Waals surface area contributed by atoms with E-state index < -0.39 is 6.67 Å². The third-order valence-electron chi connectivity index (χ3n) is 4.80. The predicted molar refractivity (Wildman–Crippen MR) is 85.0 cm³/mol. The van der Waals surface area contributed by atoms with E-state index in [0.717, 1.165) is 30.9 Å². The molecule has 1 fully saturated rings. The van der Waals surface area contributed by atoms with Crippen molar-refractivity contribution in [3.8, 4) is 0 Å². The van der Waals surface area contributed by atoms with Crippen molar-refractivity contribution in [1.29, 1.82) is 0 Å². The fraction of sp³-hybridized carbons (Fsp3) is 0.765. The zero-order valence-electron chi connectivity index (χ0n) is 13.7. The summed E-state index contributed by atoms with van der Waals surface area (Å²) in [5, 5.41) is 3.46. The molecular formula is C17H28FN3. The highest BCUT2D eigenvalue weighted by molar-refractivity contribution is 5.46. The highest BCUT2D eigenvalue weighted by atomic mass is 19.1. The van der Waals surface area contributed by atoms with E-state index in [1.54, 1.807) is 6.33 Å². The summed E-state index contributed by atoms with van der Waals surface area (Å²) in [5.74, 6) is 1.48. The summed E-state index contributed by atoms with van der Waals surface area (Å²) in [7, 11) is 0. The smallest absolute Gasteiger partial charge is 0.135 e. The molecule has 1 aromatic heterocycles.